The molecule has 18 heavy (non-hydrogen) atoms. The number of hydrogen-bond acceptors (Lipinski definition) is 4. The van der Waals surface area contributed by atoms with E-state index in [2.05, 4.69) is 13.2 Å². The van der Waals surface area contributed by atoms with Gasteiger partial charge in [0, 0.05) is 11.1 Å². The molecule has 0 fully saturated rings. The predicted octanol–water partition coefficient (Wildman–Crippen LogP) is 2.50. The molecule has 0 aromatic carbocycles. The highest BCUT2D eigenvalue weighted by atomic mass is 16.6. The van der Waals surface area contributed by atoms with Crippen molar-refractivity contribution in [2.45, 2.75) is 27.7 Å². The number of carbonyl (C=O) groups is 2. The summed E-state index contributed by atoms with van der Waals surface area (Å²) in [6.07, 6.45) is 0. The third kappa shape index (κ3) is 5.66. The molecule has 0 bridgehead atoms. The second kappa shape index (κ2) is 7.69. The summed E-state index contributed by atoms with van der Waals surface area (Å²) in [4.78, 5) is 22.8. The van der Waals surface area contributed by atoms with Crippen LogP contribution in [0.15, 0.2) is 24.3 Å². The van der Waals surface area contributed by atoms with Crippen molar-refractivity contribution in [3.8, 4) is 0 Å². The Morgan fingerprint density at radius 2 is 1.11 bits per heavy atom. The summed E-state index contributed by atoms with van der Waals surface area (Å²) in [5.41, 5.74) is 0.820. The van der Waals surface area contributed by atoms with Gasteiger partial charge in [-0.15, -0.1) is 0 Å². The van der Waals surface area contributed by atoms with Gasteiger partial charge < -0.3 is 9.47 Å². The molecule has 0 unspecified atom stereocenters. The van der Waals surface area contributed by atoms with Crippen molar-refractivity contribution in [2.75, 3.05) is 13.2 Å². The van der Waals surface area contributed by atoms with Crippen LogP contribution in [0.5, 0.6) is 0 Å². The number of carbonyl (C=O) groups excluding carboxylic acids is 2. The third-order valence-electron chi connectivity index (χ3n) is 2.47. The van der Waals surface area contributed by atoms with Crippen LogP contribution in [0.25, 0.3) is 0 Å². The van der Waals surface area contributed by atoms with Gasteiger partial charge in [0.2, 0.25) is 0 Å². The van der Waals surface area contributed by atoms with E-state index >= 15 is 0 Å². The van der Waals surface area contributed by atoms with Crippen LogP contribution in [0.2, 0.25) is 0 Å². The summed E-state index contributed by atoms with van der Waals surface area (Å²) in [5, 5.41) is 0. The normalized spacial score (nSPS) is 10.3. The fourth-order valence-electron chi connectivity index (χ4n) is 0.926. The van der Waals surface area contributed by atoms with Gasteiger partial charge in [0.15, 0.2) is 0 Å². The van der Waals surface area contributed by atoms with E-state index < -0.39 is 11.9 Å². The summed E-state index contributed by atoms with van der Waals surface area (Å²) in [6, 6.07) is 0. The highest BCUT2D eigenvalue weighted by molar-refractivity contribution is 5.88. The molecule has 0 aromatic rings. The van der Waals surface area contributed by atoms with Gasteiger partial charge in [-0.1, -0.05) is 40.9 Å². The van der Waals surface area contributed by atoms with Gasteiger partial charge in [-0.3, -0.25) is 0 Å². The van der Waals surface area contributed by atoms with E-state index in [1.54, 1.807) is 0 Å². The van der Waals surface area contributed by atoms with Gasteiger partial charge in [-0.05, 0) is 11.8 Å². The standard InChI is InChI=1S/C14H22O4/c1-9(2)11(5)13(15)17-7-8-18-14(16)12(6)10(3)4/h9-10H,5-8H2,1-4H3. The van der Waals surface area contributed by atoms with E-state index in [4.69, 9.17) is 9.47 Å². The van der Waals surface area contributed by atoms with Crippen LogP contribution in [0.1, 0.15) is 27.7 Å². The van der Waals surface area contributed by atoms with E-state index in [0.717, 1.165) is 0 Å². The maximum Gasteiger partial charge on any atom is 0.333 e. The van der Waals surface area contributed by atoms with Gasteiger partial charge in [0.25, 0.3) is 0 Å². The van der Waals surface area contributed by atoms with Gasteiger partial charge in [0.05, 0.1) is 0 Å². The summed E-state index contributed by atoms with van der Waals surface area (Å²) in [6.45, 7) is 14.7. The predicted molar refractivity (Wildman–Crippen MR) is 69.9 cm³/mol. The lowest BCUT2D eigenvalue weighted by molar-refractivity contribution is -0.147. The molecule has 0 radical (unpaired) electrons. The zero-order valence-corrected chi connectivity index (χ0v) is 11.6. The van der Waals surface area contributed by atoms with E-state index in [9.17, 15) is 9.59 Å². The Morgan fingerprint density at radius 1 is 0.833 bits per heavy atom. The van der Waals surface area contributed by atoms with E-state index in [1.165, 1.54) is 0 Å². The Labute approximate surface area is 109 Å². The molecule has 4 nitrogen and oxygen atoms in total. The second-order valence-electron chi connectivity index (χ2n) is 4.63. The molecule has 0 aliphatic rings. The highest BCUT2D eigenvalue weighted by Crippen LogP contribution is 2.09. The fraction of sp³-hybridized carbons (Fsp3) is 0.571. The molecule has 0 amide bonds. The first-order valence-corrected chi connectivity index (χ1v) is 5.99. The van der Waals surface area contributed by atoms with E-state index in [-0.39, 0.29) is 25.0 Å². The molecule has 102 valence electrons. The summed E-state index contributed by atoms with van der Waals surface area (Å²) >= 11 is 0. The molecule has 0 saturated heterocycles. The van der Waals surface area contributed by atoms with Crippen molar-refractivity contribution >= 4 is 11.9 Å². The zero-order valence-electron chi connectivity index (χ0n) is 11.6. The first kappa shape index (κ1) is 16.4. The first-order chi connectivity index (χ1) is 8.27. The molecule has 0 heterocycles. The summed E-state index contributed by atoms with van der Waals surface area (Å²) < 4.78 is 9.82. The van der Waals surface area contributed by atoms with Crippen molar-refractivity contribution < 1.29 is 19.1 Å². The SMILES string of the molecule is C=C(C(=O)OCCOC(=O)C(=C)C(C)C)C(C)C. The van der Waals surface area contributed by atoms with Gasteiger partial charge >= 0.3 is 11.9 Å². The summed E-state index contributed by atoms with van der Waals surface area (Å²) in [5.74, 6) is -0.825. The monoisotopic (exact) mass is 254 g/mol. The van der Waals surface area contributed by atoms with Gasteiger partial charge in [-0.2, -0.15) is 0 Å². The Balaban J connectivity index is 3.88. The number of hydrogen-bond donors (Lipinski definition) is 0. The maximum absolute atomic E-state index is 11.4. The first-order valence-electron chi connectivity index (χ1n) is 5.99. The Kier molecular flexibility index (Phi) is 7.01. The molecular weight excluding hydrogens is 232 g/mol. The Hall–Kier alpha value is -1.58. The molecule has 0 spiro atoms. The van der Waals surface area contributed by atoms with Gasteiger partial charge in [0.1, 0.15) is 13.2 Å². The number of esters is 2. The smallest absolute Gasteiger partial charge is 0.333 e. The molecule has 0 saturated carbocycles. The Bertz CT molecular complexity index is 306. The highest BCUT2D eigenvalue weighted by Gasteiger charge is 2.14. The van der Waals surface area contributed by atoms with Crippen LogP contribution < -0.4 is 0 Å². The quantitative estimate of drug-likeness (QED) is 0.398. The minimum Gasteiger partial charge on any atom is -0.459 e. The van der Waals surface area contributed by atoms with Crippen molar-refractivity contribution in [3.05, 3.63) is 24.3 Å². The van der Waals surface area contributed by atoms with Crippen LogP contribution in [0.3, 0.4) is 0 Å². The van der Waals surface area contributed by atoms with Crippen LogP contribution in [-0.4, -0.2) is 25.2 Å². The lowest BCUT2D eigenvalue weighted by Gasteiger charge is -2.11. The van der Waals surface area contributed by atoms with Crippen LogP contribution in [0.4, 0.5) is 0 Å². The second-order valence-corrected chi connectivity index (χ2v) is 4.63. The molecule has 4 heteroatoms. The minimum absolute atomic E-state index is 0.0295. The van der Waals surface area contributed by atoms with E-state index in [1.807, 2.05) is 27.7 Å². The third-order valence-corrected chi connectivity index (χ3v) is 2.47. The molecule has 0 aliphatic carbocycles. The van der Waals surface area contributed by atoms with Crippen LogP contribution in [-0.2, 0) is 19.1 Å². The number of ether oxygens (including phenoxy) is 2. The average molecular weight is 254 g/mol. The summed E-state index contributed by atoms with van der Waals surface area (Å²) in [7, 11) is 0. The molecular formula is C14H22O4. The number of rotatable bonds is 7. The average Bonchev–Trinajstić information content (AvgIpc) is 2.31. The molecule has 0 N–H and O–H groups in total. The van der Waals surface area contributed by atoms with Crippen LogP contribution >= 0.6 is 0 Å². The van der Waals surface area contributed by atoms with Crippen molar-refractivity contribution in [2.24, 2.45) is 11.8 Å². The molecule has 0 atom stereocenters. The maximum atomic E-state index is 11.4. The topological polar surface area (TPSA) is 52.6 Å². The van der Waals surface area contributed by atoms with Crippen molar-refractivity contribution in [1.82, 2.24) is 0 Å². The van der Waals surface area contributed by atoms with Crippen molar-refractivity contribution in [1.29, 1.82) is 0 Å². The zero-order chi connectivity index (χ0) is 14.3. The largest absolute Gasteiger partial charge is 0.459 e. The van der Waals surface area contributed by atoms with E-state index in [0.29, 0.717) is 11.1 Å². The van der Waals surface area contributed by atoms with Gasteiger partial charge in [-0.25, -0.2) is 9.59 Å². The molecule has 0 aromatic heterocycles. The fourth-order valence-corrected chi connectivity index (χ4v) is 0.926. The lowest BCUT2D eigenvalue weighted by Crippen LogP contribution is -2.18. The van der Waals surface area contributed by atoms with Crippen molar-refractivity contribution in [3.63, 3.8) is 0 Å². The molecule has 0 rings (SSSR count). The Morgan fingerprint density at radius 3 is 1.33 bits per heavy atom. The van der Waals surface area contributed by atoms with Crippen LogP contribution in [0, 0.1) is 11.8 Å². The minimum atomic E-state index is -0.455. The molecule has 0 aliphatic heterocycles. The lowest BCUT2D eigenvalue weighted by atomic mass is 10.1.